The molecule has 0 unspecified atom stereocenters. The lowest BCUT2D eigenvalue weighted by molar-refractivity contribution is 0.133. The summed E-state index contributed by atoms with van der Waals surface area (Å²) < 4.78 is 5.04. The van der Waals surface area contributed by atoms with E-state index in [-0.39, 0.29) is 0 Å². The minimum atomic E-state index is 0.920. The second kappa shape index (κ2) is 13.4. The van der Waals surface area contributed by atoms with E-state index in [4.69, 9.17) is 4.74 Å². The third-order valence-corrected chi connectivity index (χ3v) is 3.60. The number of piperazine rings is 1. The quantitative estimate of drug-likeness (QED) is 0.636. The van der Waals surface area contributed by atoms with Crippen LogP contribution in [-0.4, -0.2) is 81.8 Å². The predicted molar refractivity (Wildman–Crippen MR) is 88.2 cm³/mol. The minimum Gasteiger partial charge on any atom is -0.385 e. The number of unbranched alkanes of at least 4 members (excludes halogenated alkanes) is 2. The van der Waals surface area contributed by atoms with Gasteiger partial charge in [0.1, 0.15) is 0 Å². The van der Waals surface area contributed by atoms with Crippen molar-refractivity contribution in [1.29, 1.82) is 0 Å². The predicted octanol–water partition coefficient (Wildman–Crippen LogP) is 2.13. The van der Waals surface area contributed by atoms with E-state index in [1.165, 1.54) is 58.5 Å². The van der Waals surface area contributed by atoms with Gasteiger partial charge in [-0.3, -0.25) is 0 Å². The Morgan fingerprint density at radius 3 is 2.05 bits per heavy atom. The van der Waals surface area contributed by atoms with E-state index in [1.54, 1.807) is 13.3 Å². The first kappa shape index (κ1) is 19.4. The van der Waals surface area contributed by atoms with Gasteiger partial charge in [0.15, 0.2) is 0 Å². The number of nitrogens with zero attached hydrogens (tertiary/aromatic N) is 3. The van der Waals surface area contributed by atoms with Crippen molar-refractivity contribution in [3.63, 3.8) is 0 Å². The van der Waals surface area contributed by atoms with Crippen molar-refractivity contribution in [3.8, 4) is 0 Å². The Bertz CT molecular complexity index is 214. The van der Waals surface area contributed by atoms with Gasteiger partial charge >= 0.3 is 0 Å². The molecule has 0 amide bonds. The molecule has 1 aliphatic rings. The summed E-state index contributed by atoms with van der Waals surface area (Å²) in [6.07, 6.45) is 5.60. The van der Waals surface area contributed by atoms with E-state index >= 15 is 0 Å². The molecule has 4 nitrogen and oxygen atoms in total. The van der Waals surface area contributed by atoms with Gasteiger partial charge in [0.2, 0.25) is 0 Å². The monoisotopic (exact) mass is 285 g/mol. The molecule has 0 aromatic rings. The highest BCUT2D eigenvalue weighted by Crippen LogP contribution is 2.04. The van der Waals surface area contributed by atoms with Crippen LogP contribution in [0, 0.1) is 0 Å². The number of likely N-dealkylation sites (N-methyl/N-ethyl adjacent to an activating group) is 1. The lowest BCUT2D eigenvalue weighted by Crippen LogP contribution is -2.46. The van der Waals surface area contributed by atoms with Crippen LogP contribution < -0.4 is 0 Å². The molecule has 20 heavy (non-hydrogen) atoms. The zero-order chi connectivity index (χ0) is 15.2. The topological polar surface area (TPSA) is 19.0 Å². The Morgan fingerprint density at radius 1 is 1.05 bits per heavy atom. The lowest BCUT2D eigenvalue weighted by atomic mass is 10.2. The maximum absolute atomic E-state index is 5.04. The van der Waals surface area contributed by atoms with E-state index in [2.05, 4.69) is 23.3 Å². The summed E-state index contributed by atoms with van der Waals surface area (Å²) in [7, 11) is 5.66. The van der Waals surface area contributed by atoms with Crippen LogP contribution in [0.1, 0.15) is 26.2 Å². The van der Waals surface area contributed by atoms with Crippen LogP contribution in [0.2, 0.25) is 0 Å². The molecule has 0 saturated carbocycles. The van der Waals surface area contributed by atoms with Crippen molar-refractivity contribution < 1.29 is 4.74 Å². The zero-order valence-electron chi connectivity index (χ0n) is 14.1. The molecule has 1 fully saturated rings. The smallest absolute Gasteiger partial charge is 0.0462 e. The van der Waals surface area contributed by atoms with Crippen LogP contribution in [0.5, 0.6) is 0 Å². The average Bonchev–Trinajstić information content (AvgIpc) is 2.48. The Labute approximate surface area is 126 Å². The first-order valence-corrected chi connectivity index (χ1v) is 7.86. The van der Waals surface area contributed by atoms with Crippen LogP contribution in [-0.2, 0) is 4.74 Å². The highest BCUT2D eigenvalue weighted by atomic mass is 16.5. The van der Waals surface area contributed by atoms with Gasteiger partial charge < -0.3 is 19.4 Å². The van der Waals surface area contributed by atoms with Gasteiger partial charge in [-0.2, -0.15) is 0 Å². The fraction of sp³-hybridized carbons (Fsp3) is 0.875. The summed E-state index contributed by atoms with van der Waals surface area (Å²) in [6, 6.07) is 0. The number of hydrogen-bond donors (Lipinski definition) is 0. The molecule has 0 bridgehead atoms. The summed E-state index contributed by atoms with van der Waals surface area (Å²) in [4.78, 5) is 7.01. The van der Waals surface area contributed by atoms with Crippen molar-refractivity contribution in [2.45, 2.75) is 26.2 Å². The molecule has 0 aliphatic carbocycles. The molecule has 1 rings (SSSR count). The maximum atomic E-state index is 5.04. The van der Waals surface area contributed by atoms with Gasteiger partial charge in [0.25, 0.3) is 0 Å². The fourth-order valence-corrected chi connectivity index (χ4v) is 2.09. The van der Waals surface area contributed by atoms with Crippen LogP contribution >= 0.6 is 0 Å². The standard InChI is InChI=1S/C12H26N2O.C4H9N/c1-3-13-8-10-14(11-9-13)7-5-4-6-12-15-2;1-4-5(2)3/h3-12H2,1-2H3;4H,1H2,2-3H3. The van der Waals surface area contributed by atoms with E-state index in [1.807, 2.05) is 19.0 Å². The van der Waals surface area contributed by atoms with Crippen molar-refractivity contribution >= 4 is 0 Å². The summed E-state index contributed by atoms with van der Waals surface area (Å²) in [5.41, 5.74) is 0. The Morgan fingerprint density at radius 2 is 1.60 bits per heavy atom. The lowest BCUT2D eigenvalue weighted by Gasteiger charge is -2.33. The van der Waals surface area contributed by atoms with Crippen molar-refractivity contribution in [1.82, 2.24) is 14.7 Å². The normalized spacial score (nSPS) is 16.4. The number of hydrogen-bond acceptors (Lipinski definition) is 4. The van der Waals surface area contributed by atoms with Crippen LogP contribution in [0.3, 0.4) is 0 Å². The Balaban J connectivity index is 0.000000621. The minimum absolute atomic E-state index is 0.920. The van der Waals surface area contributed by atoms with Crippen molar-refractivity contribution in [2.75, 3.05) is 67.1 Å². The molecule has 0 spiro atoms. The van der Waals surface area contributed by atoms with Crippen molar-refractivity contribution in [2.24, 2.45) is 0 Å². The highest BCUT2D eigenvalue weighted by Gasteiger charge is 2.14. The van der Waals surface area contributed by atoms with Crippen LogP contribution in [0.4, 0.5) is 0 Å². The maximum Gasteiger partial charge on any atom is 0.0462 e. The summed E-state index contributed by atoms with van der Waals surface area (Å²) in [6.45, 7) is 14.2. The number of rotatable bonds is 8. The highest BCUT2D eigenvalue weighted by molar-refractivity contribution is 4.70. The largest absolute Gasteiger partial charge is 0.385 e. The molecule has 120 valence electrons. The van der Waals surface area contributed by atoms with Gasteiger partial charge in [-0.25, -0.2) is 0 Å². The molecular weight excluding hydrogens is 250 g/mol. The third-order valence-electron chi connectivity index (χ3n) is 3.60. The van der Waals surface area contributed by atoms with E-state index in [0.29, 0.717) is 0 Å². The molecule has 1 saturated heterocycles. The first-order chi connectivity index (χ1) is 9.63. The van der Waals surface area contributed by atoms with Crippen LogP contribution in [0.25, 0.3) is 0 Å². The second-order valence-electron chi connectivity index (χ2n) is 5.48. The summed E-state index contributed by atoms with van der Waals surface area (Å²) in [5, 5.41) is 0. The van der Waals surface area contributed by atoms with Gasteiger partial charge in [-0.15, -0.1) is 0 Å². The average molecular weight is 285 g/mol. The van der Waals surface area contributed by atoms with E-state index < -0.39 is 0 Å². The molecule has 0 atom stereocenters. The first-order valence-electron chi connectivity index (χ1n) is 7.86. The summed E-state index contributed by atoms with van der Waals surface area (Å²) >= 11 is 0. The van der Waals surface area contributed by atoms with E-state index in [9.17, 15) is 0 Å². The van der Waals surface area contributed by atoms with Gasteiger partial charge in [0.05, 0.1) is 0 Å². The number of methoxy groups -OCH3 is 1. The van der Waals surface area contributed by atoms with Gasteiger partial charge in [-0.1, -0.05) is 13.5 Å². The Kier molecular flexibility index (Phi) is 13.0. The number of ether oxygens (including phenoxy) is 1. The van der Waals surface area contributed by atoms with E-state index in [0.717, 1.165) is 6.61 Å². The van der Waals surface area contributed by atoms with Crippen molar-refractivity contribution in [3.05, 3.63) is 12.8 Å². The molecule has 4 heteroatoms. The second-order valence-corrected chi connectivity index (χ2v) is 5.48. The SMILES string of the molecule is C=CN(C)C.CCN1CCN(CCCCCOC)CC1. The summed E-state index contributed by atoms with van der Waals surface area (Å²) in [5.74, 6) is 0. The molecule has 0 aromatic heterocycles. The molecule has 0 aromatic carbocycles. The van der Waals surface area contributed by atoms with Gasteiger partial charge in [0, 0.05) is 54.0 Å². The molecule has 1 aliphatic heterocycles. The molecular formula is C16H35N3O. The van der Waals surface area contributed by atoms with Crippen LogP contribution in [0.15, 0.2) is 12.8 Å². The fourth-order valence-electron chi connectivity index (χ4n) is 2.09. The third kappa shape index (κ3) is 11.3. The Hall–Kier alpha value is -0.580. The molecule has 0 N–H and O–H groups in total. The van der Waals surface area contributed by atoms with Gasteiger partial charge in [-0.05, 0) is 38.6 Å². The zero-order valence-corrected chi connectivity index (χ0v) is 14.1. The molecule has 0 radical (unpaired) electrons. The molecule has 1 heterocycles.